The van der Waals surface area contributed by atoms with Crippen molar-refractivity contribution in [2.24, 2.45) is 0 Å². The van der Waals surface area contributed by atoms with E-state index < -0.39 is 11.7 Å². The topological polar surface area (TPSA) is 45.0 Å². The molecule has 0 atom stereocenters. The number of para-hydroxylation sites is 1. The summed E-state index contributed by atoms with van der Waals surface area (Å²) in [5.74, 6) is -1.41. The third-order valence-electron chi connectivity index (χ3n) is 5.93. The van der Waals surface area contributed by atoms with Crippen LogP contribution in [0.1, 0.15) is 10.5 Å². The monoisotopic (exact) mass is 427 g/mol. The number of carbonyl (C=O) groups is 2. The van der Waals surface area contributed by atoms with Gasteiger partial charge in [-0.15, -0.1) is 0 Å². The standard InChI is InChI=1S/C26H22FN3O2/c27-20-11-9-19(10-12-20)23-18-22-8-4-5-13-30(22)24(23)25(31)26(32)29-16-14-28(15-17-29)21-6-2-1-3-7-21/h1-13,18H,14-17H2. The number of pyridine rings is 1. The van der Waals surface area contributed by atoms with Crippen LogP contribution >= 0.6 is 0 Å². The zero-order valence-corrected chi connectivity index (χ0v) is 17.4. The van der Waals surface area contributed by atoms with Crippen molar-refractivity contribution in [1.29, 1.82) is 0 Å². The summed E-state index contributed by atoms with van der Waals surface area (Å²) in [6.07, 6.45) is 1.77. The molecule has 1 amide bonds. The van der Waals surface area contributed by atoms with Crippen LogP contribution in [0, 0.1) is 5.82 Å². The van der Waals surface area contributed by atoms with E-state index in [1.807, 2.05) is 54.6 Å². The second-order valence-electron chi connectivity index (χ2n) is 7.85. The number of nitrogens with zero attached hydrogens (tertiary/aromatic N) is 3. The summed E-state index contributed by atoms with van der Waals surface area (Å²) in [6.45, 7) is 2.30. The lowest BCUT2D eigenvalue weighted by atomic mass is 10.0. The average Bonchev–Trinajstić information content (AvgIpc) is 3.24. The Labute approximate surface area is 185 Å². The highest BCUT2D eigenvalue weighted by Crippen LogP contribution is 2.29. The zero-order valence-electron chi connectivity index (χ0n) is 17.4. The first-order chi connectivity index (χ1) is 15.6. The van der Waals surface area contributed by atoms with Gasteiger partial charge in [0.1, 0.15) is 11.5 Å². The molecule has 1 aliphatic rings. The van der Waals surface area contributed by atoms with Crippen molar-refractivity contribution in [3.63, 3.8) is 0 Å². The molecule has 1 fully saturated rings. The molecule has 2 aromatic heterocycles. The summed E-state index contributed by atoms with van der Waals surface area (Å²) in [4.78, 5) is 30.5. The number of anilines is 1. The molecule has 0 N–H and O–H groups in total. The molecule has 1 saturated heterocycles. The maximum atomic E-state index is 13.5. The van der Waals surface area contributed by atoms with Gasteiger partial charge in [0.25, 0.3) is 11.7 Å². The number of aromatic nitrogens is 1. The minimum atomic E-state index is -0.552. The van der Waals surface area contributed by atoms with Gasteiger partial charge in [-0.2, -0.15) is 0 Å². The highest BCUT2D eigenvalue weighted by Gasteiger charge is 2.30. The molecular weight excluding hydrogens is 405 g/mol. The fraction of sp³-hybridized carbons (Fsp3) is 0.154. The molecule has 160 valence electrons. The summed E-state index contributed by atoms with van der Waals surface area (Å²) in [5.41, 5.74) is 3.54. The molecule has 2 aromatic carbocycles. The Balaban J connectivity index is 1.43. The number of hydrogen-bond acceptors (Lipinski definition) is 3. The number of ketones is 1. The van der Waals surface area contributed by atoms with E-state index in [9.17, 15) is 14.0 Å². The number of carbonyl (C=O) groups excluding carboxylic acids is 2. The molecule has 1 aliphatic heterocycles. The minimum Gasteiger partial charge on any atom is -0.368 e. The van der Waals surface area contributed by atoms with Crippen molar-refractivity contribution in [1.82, 2.24) is 9.30 Å². The third kappa shape index (κ3) is 3.64. The van der Waals surface area contributed by atoms with E-state index >= 15 is 0 Å². The summed E-state index contributed by atoms with van der Waals surface area (Å²) < 4.78 is 15.2. The van der Waals surface area contributed by atoms with E-state index in [0.29, 0.717) is 43.0 Å². The molecule has 6 heteroatoms. The van der Waals surface area contributed by atoms with Crippen LogP contribution in [0.2, 0.25) is 0 Å². The molecule has 4 aromatic rings. The molecular formula is C26H22FN3O2. The second-order valence-corrected chi connectivity index (χ2v) is 7.85. The van der Waals surface area contributed by atoms with E-state index in [4.69, 9.17) is 0 Å². The first kappa shape index (κ1) is 20.0. The summed E-state index contributed by atoms with van der Waals surface area (Å²) in [7, 11) is 0. The van der Waals surface area contributed by atoms with Gasteiger partial charge in [-0.1, -0.05) is 36.4 Å². The van der Waals surface area contributed by atoms with Crippen LogP contribution in [0.15, 0.2) is 85.1 Å². The Morgan fingerprint density at radius 2 is 1.47 bits per heavy atom. The van der Waals surface area contributed by atoms with Gasteiger partial charge in [0, 0.05) is 49.1 Å². The van der Waals surface area contributed by atoms with E-state index in [1.165, 1.54) is 12.1 Å². The average molecular weight is 427 g/mol. The molecule has 32 heavy (non-hydrogen) atoms. The Bertz CT molecular complexity index is 1270. The third-order valence-corrected chi connectivity index (χ3v) is 5.93. The molecule has 0 radical (unpaired) electrons. The van der Waals surface area contributed by atoms with Crippen LogP contribution in [-0.4, -0.2) is 47.2 Å². The van der Waals surface area contributed by atoms with Gasteiger partial charge in [-0.25, -0.2) is 4.39 Å². The van der Waals surface area contributed by atoms with Crippen LogP contribution in [-0.2, 0) is 4.79 Å². The first-order valence-electron chi connectivity index (χ1n) is 10.6. The van der Waals surface area contributed by atoms with Gasteiger partial charge in [-0.05, 0) is 48.0 Å². The molecule has 0 unspecified atom stereocenters. The van der Waals surface area contributed by atoms with Crippen molar-refractivity contribution in [3.05, 3.63) is 96.6 Å². The number of benzene rings is 2. The Morgan fingerprint density at radius 3 is 2.19 bits per heavy atom. The van der Waals surface area contributed by atoms with Gasteiger partial charge < -0.3 is 14.2 Å². The largest absolute Gasteiger partial charge is 0.368 e. The minimum absolute atomic E-state index is 0.308. The lowest BCUT2D eigenvalue weighted by Gasteiger charge is -2.35. The zero-order chi connectivity index (χ0) is 22.1. The molecule has 0 spiro atoms. The van der Waals surface area contributed by atoms with Gasteiger partial charge in [0.05, 0.1) is 0 Å². The fourth-order valence-corrected chi connectivity index (χ4v) is 4.26. The predicted molar refractivity (Wildman–Crippen MR) is 122 cm³/mol. The number of rotatable bonds is 4. The highest BCUT2D eigenvalue weighted by atomic mass is 19.1. The quantitative estimate of drug-likeness (QED) is 0.361. The molecule has 3 heterocycles. The lowest BCUT2D eigenvalue weighted by Crippen LogP contribution is -2.50. The number of amides is 1. The van der Waals surface area contributed by atoms with Crippen molar-refractivity contribution in [2.45, 2.75) is 0 Å². The second kappa shape index (κ2) is 8.30. The predicted octanol–water partition coefficient (Wildman–Crippen LogP) is 4.28. The van der Waals surface area contributed by atoms with Crippen LogP contribution in [0.4, 0.5) is 10.1 Å². The van der Waals surface area contributed by atoms with Gasteiger partial charge in [0.2, 0.25) is 0 Å². The Hall–Kier alpha value is -3.93. The van der Waals surface area contributed by atoms with Crippen LogP contribution < -0.4 is 4.90 Å². The molecule has 0 bridgehead atoms. The van der Waals surface area contributed by atoms with E-state index in [0.717, 1.165) is 11.2 Å². The fourth-order valence-electron chi connectivity index (χ4n) is 4.26. The smallest absolute Gasteiger partial charge is 0.296 e. The van der Waals surface area contributed by atoms with Crippen molar-refractivity contribution < 1.29 is 14.0 Å². The van der Waals surface area contributed by atoms with Crippen LogP contribution in [0.3, 0.4) is 0 Å². The SMILES string of the molecule is O=C(C(=O)N1CCN(c2ccccc2)CC1)c1c(-c2ccc(F)cc2)cc2ccccn12. The van der Waals surface area contributed by atoms with E-state index in [-0.39, 0.29) is 5.82 Å². The van der Waals surface area contributed by atoms with Gasteiger partial charge in [0.15, 0.2) is 0 Å². The lowest BCUT2D eigenvalue weighted by molar-refractivity contribution is -0.126. The van der Waals surface area contributed by atoms with E-state index in [2.05, 4.69) is 4.90 Å². The van der Waals surface area contributed by atoms with Gasteiger partial charge >= 0.3 is 0 Å². The highest BCUT2D eigenvalue weighted by molar-refractivity contribution is 6.43. The Morgan fingerprint density at radius 1 is 0.781 bits per heavy atom. The number of hydrogen-bond donors (Lipinski definition) is 0. The van der Waals surface area contributed by atoms with E-state index in [1.54, 1.807) is 27.6 Å². The van der Waals surface area contributed by atoms with Crippen molar-refractivity contribution in [2.75, 3.05) is 31.1 Å². The number of fused-ring (bicyclic) bond motifs is 1. The summed E-state index contributed by atoms with van der Waals surface area (Å²) >= 11 is 0. The van der Waals surface area contributed by atoms with Crippen LogP contribution in [0.25, 0.3) is 16.6 Å². The summed E-state index contributed by atoms with van der Waals surface area (Å²) in [6, 6.07) is 23.5. The maximum absolute atomic E-state index is 13.5. The van der Waals surface area contributed by atoms with Crippen LogP contribution in [0.5, 0.6) is 0 Å². The van der Waals surface area contributed by atoms with Crippen molar-refractivity contribution in [3.8, 4) is 11.1 Å². The maximum Gasteiger partial charge on any atom is 0.296 e. The molecule has 0 saturated carbocycles. The normalized spacial score (nSPS) is 14.0. The molecule has 5 rings (SSSR count). The Kier molecular flexibility index (Phi) is 5.19. The van der Waals surface area contributed by atoms with Crippen molar-refractivity contribution >= 4 is 22.9 Å². The first-order valence-corrected chi connectivity index (χ1v) is 10.6. The molecule has 5 nitrogen and oxygen atoms in total. The number of Topliss-reactive ketones (excluding diaryl/α,β-unsaturated/α-hetero) is 1. The number of halogens is 1. The van der Waals surface area contributed by atoms with Gasteiger partial charge in [-0.3, -0.25) is 9.59 Å². The number of piperazine rings is 1. The molecule has 0 aliphatic carbocycles. The summed E-state index contributed by atoms with van der Waals surface area (Å²) in [5, 5.41) is 0.